The maximum absolute atomic E-state index is 14.5. The standard InChI is InChI=1S/C57H88O22/c1-12-25(3)46(68)78-44-45(79-47(69)26(4)13-2)57(24-60)28(20-52(44,5)6)27-14-15-32-54(9)18-17-34(53(7,8)31(54)16-19-55(32,10)56(27,11)21-33(57)61)74-48(70)42-40(67)41(76-50-38(65)36(63)30(23-59)73-50)43(49(71)75-42)77-51-39(66)37(64)35(62)29(22-58)72-51/h12-14,28-45,49-51,58-67,71H,15-24H2,1-11H3/b25-12+,26-13-/t28?,29-,30+,31?,32?,33-,34+,35+,36+,37+,38-,39-,40+,41+,42+,43-,44+,45+,49-,50+,51+,54+,55-,56-,57+/m1/s1. The summed E-state index contributed by atoms with van der Waals surface area (Å²) < 4.78 is 47.4. The average Bonchev–Trinajstić information content (AvgIpc) is 3.65. The van der Waals surface area contributed by atoms with Crippen molar-refractivity contribution in [3.63, 3.8) is 0 Å². The van der Waals surface area contributed by atoms with Gasteiger partial charge in [-0.05, 0) is 107 Å². The van der Waals surface area contributed by atoms with E-state index in [0.717, 1.165) is 5.57 Å². The van der Waals surface area contributed by atoms with Crippen molar-refractivity contribution < 1.29 is 108 Å². The molecule has 11 N–H and O–H groups in total. The Morgan fingerprint density at radius 3 is 1.75 bits per heavy atom. The molecular weight excluding hydrogens is 1040 g/mol. The highest BCUT2D eigenvalue weighted by atomic mass is 16.8. The molecule has 22 heteroatoms. The summed E-state index contributed by atoms with van der Waals surface area (Å²) in [5, 5.41) is 121. The molecule has 5 aliphatic carbocycles. The van der Waals surface area contributed by atoms with E-state index in [1.807, 2.05) is 27.7 Å². The molecule has 3 heterocycles. The number of hydrogen-bond donors (Lipinski definition) is 11. The highest BCUT2D eigenvalue weighted by molar-refractivity contribution is 5.89. The normalized spacial score (nSPS) is 48.5. The van der Waals surface area contributed by atoms with Crippen LogP contribution in [0.4, 0.5) is 0 Å². The zero-order chi connectivity index (χ0) is 58.4. The van der Waals surface area contributed by atoms with Gasteiger partial charge < -0.3 is 94.1 Å². The van der Waals surface area contributed by atoms with E-state index in [4.69, 9.17) is 37.9 Å². The minimum absolute atomic E-state index is 0.0429. The third-order valence-corrected chi connectivity index (χ3v) is 21.2. The zero-order valence-electron chi connectivity index (χ0n) is 47.3. The van der Waals surface area contributed by atoms with Gasteiger partial charge >= 0.3 is 17.9 Å². The summed E-state index contributed by atoms with van der Waals surface area (Å²) in [5.74, 6) is -2.77. The van der Waals surface area contributed by atoms with Crippen LogP contribution in [0, 0.1) is 50.2 Å². The van der Waals surface area contributed by atoms with Gasteiger partial charge in [-0.3, -0.25) is 0 Å². The molecule has 448 valence electrons. The molecule has 8 aliphatic rings. The first kappa shape index (κ1) is 62.0. The summed E-state index contributed by atoms with van der Waals surface area (Å²) in [6, 6.07) is 0. The Hall–Kier alpha value is -3.01. The third kappa shape index (κ3) is 9.99. The van der Waals surface area contributed by atoms with E-state index in [1.54, 1.807) is 39.8 Å². The molecule has 0 aromatic heterocycles. The summed E-state index contributed by atoms with van der Waals surface area (Å²) in [6.45, 7) is 19.4. The lowest BCUT2D eigenvalue weighted by atomic mass is 9.33. The van der Waals surface area contributed by atoms with Crippen LogP contribution in [-0.2, 0) is 52.3 Å². The van der Waals surface area contributed by atoms with Crippen molar-refractivity contribution in [2.24, 2.45) is 50.2 Å². The molecule has 3 saturated heterocycles. The van der Waals surface area contributed by atoms with Crippen LogP contribution in [0.3, 0.4) is 0 Å². The molecule has 0 aromatic rings. The highest BCUT2D eigenvalue weighted by Crippen LogP contribution is 2.76. The largest absolute Gasteiger partial charge is 0.460 e. The quantitative estimate of drug-likeness (QED) is 0.0524. The summed E-state index contributed by atoms with van der Waals surface area (Å²) >= 11 is 0. The number of carbonyl (C=O) groups is 3. The van der Waals surface area contributed by atoms with Gasteiger partial charge in [0.25, 0.3) is 0 Å². The summed E-state index contributed by atoms with van der Waals surface area (Å²) in [7, 11) is 0. The molecular formula is C57H88O22. The van der Waals surface area contributed by atoms with Crippen LogP contribution in [0.2, 0.25) is 0 Å². The van der Waals surface area contributed by atoms with E-state index in [2.05, 4.69) is 26.8 Å². The number of aliphatic hydroxyl groups is 11. The monoisotopic (exact) mass is 1120 g/mol. The molecule has 8 rings (SSSR count). The Balaban J connectivity index is 1.05. The maximum atomic E-state index is 14.5. The van der Waals surface area contributed by atoms with Crippen molar-refractivity contribution in [2.45, 2.75) is 232 Å². The third-order valence-electron chi connectivity index (χ3n) is 21.2. The van der Waals surface area contributed by atoms with Crippen molar-refractivity contribution in [1.82, 2.24) is 0 Å². The minimum atomic E-state index is -2.17. The molecule has 0 amide bonds. The van der Waals surface area contributed by atoms with Crippen LogP contribution >= 0.6 is 0 Å². The van der Waals surface area contributed by atoms with Gasteiger partial charge in [-0.2, -0.15) is 0 Å². The lowest BCUT2D eigenvalue weighted by Crippen LogP contribution is -2.72. The average molecular weight is 1130 g/mol. The van der Waals surface area contributed by atoms with Gasteiger partial charge in [0.2, 0.25) is 0 Å². The fraction of sp³-hybridized carbons (Fsp3) is 0.842. The fourth-order valence-corrected chi connectivity index (χ4v) is 16.1. The predicted octanol–water partition coefficient (Wildman–Crippen LogP) is 0.726. The summed E-state index contributed by atoms with van der Waals surface area (Å²) in [5.41, 5.74) is -2.56. The Kier molecular flexibility index (Phi) is 17.7. The first-order chi connectivity index (χ1) is 36.9. The second kappa shape index (κ2) is 22.5. The second-order valence-corrected chi connectivity index (χ2v) is 26.0. The first-order valence-corrected chi connectivity index (χ1v) is 28.0. The maximum Gasteiger partial charge on any atom is 0.338 e. The van der Waals surface area contributed by atoms with Gasteiger partial charge in [0.05, 0.1) is 31.3 Å². The van der Waals surface area contributed by atoms with E-state index < -0.39 is 181 Å². The van der Waals surface area contributed by atoms with Crippen LogP contribution < -0.4 is 0 Å². The van der Waals surface area contributed by atoms with Crippen molar-refractivity contribution in [1.29, 1.82) is 0 Å². The van der Waals surface area contributed by atoms with Crippen LogP contribution in [-0.4, -0.2) is 204 Å². The topological polar surface area (TPSA) is 348 Å². The predicted molar refractivity (Wildman–Crippen MR) is 275 cm³/mol. The van der Waals surface area contributed by atoms with Crippen LogP contribution in [0.25, 0.3) is 0 Å². The molecule has 3 aliphatic heterocycles. The van der Waals surface area contributed by atoms with Crippen molar-refractivity contribution in [3.05, 3.63) is 34.9 Å². The second-order valence-electron chi connectivity index (χ2n) is 26.0. The number of allylic oxidation sites excluding steroid dienone is 4. The van der Waals surface area contributed by atoms with Crippen LogP contribution in [0.1, 0.15) is 121 Å². The number of carbonyl (C=O) groups excluding carboxylic acids is 3. The van der Waals surface area contributed by atoms with Gasteiger partial charge in [0.1, 0.15) is 73.2 Å². The molecule has 0 radical (unpaired) electrons. The minimum Gasteiger partial charge on any atom is -0.460 e. The number of aliphatic hydroxyl groups excluding tert-OH is 11. The van der Waals surface area contributed by atoms with Crippen molar-refractivity contribution >= 4 is 17.9 Å². The molecule has 0 bridgehead atoms. The molecule has 7 fully saturated rings. The number of ether oxygens (including phenoxy) is 8. The smallest absolute Gasteiger partial charge is 0.338 e. The van der Waals surface area contributed by atoms with Gasteiger partial charge in [-0.1, -0.05) is 72.3 Å². The number of rotatable bonds is 13. The first-order valence-electron chi connectivity index (χ1n) is 28.0. The molecule has 79 heavy (non-hydrogen) atoms. The number of esters is 3. The SMILES string of the molecule is C/C=C(/C)C(=O)O[C@H]1[C@H](OC(=O)/C(C)=C/C)C(C)(C)CC2C3=CCC4[C@@]5(C)CC[C@H](OC(=O)[C@H]6O[C@@H](O)[C@H](O[C@@H]7O[C@H](CO)[C@H](O)[C@H](O)[C@H]7O)[C@@H](O[C@@H]7O[C@@H](CO)[C@H](O)[C@H]7O)[C@@H]6O)C(C)(C)C5CC[C@@]4(C)[C@]3(C)C[C@@H](O)[C@]21CO. The van der Waals surface area contributed by atoms with E-state index in [0.29, 0.717) is 49.7 Å². The molecule has 0 spiro atoms. The van der Waals surface area contributed by atoms with Crippen LogP contribution in [0.15, 0.2) is 34.9 Å². The van der Waals surface area contributed by atoms with E-state index in [-0.39, 0.29) is 23.7 Å². The molecule has 3 unspecified atom stereocenters. The molecule has 25 atom stereocenters. The highest BCUT2D eigenvalue weighted by Gasteiger charge is 2.74. The summed E-state index contributed by atoms with van der Waals surface area (Å²) in [6.07, 6.45) is -20.5. The molecule has 22 nitrogen and oxygen atoms in total. The zero-order valence-corrected chi connectivity index (χ0v) is 47.3. The van der Waals surface area contributed by atoms with Crippen molar-refractivity contribution in [3.8, 4) is 0 Å². The van der Waals surface area contributed by atoms with Crippen LogP contribution in [0.5, 0.6) is 0 Å². The summed E-state index contributed by atoms with van der Waals surface area (Å²) in [4.78, 5) is 41.8. The van der Waals surface area contributed by atoms with E-state index >= 15 is 0 Å². The molecule has 0 aromatic carbocycles. The number of fused-ring (bicyclic) bond motifs is 7. The van der Waals surface area contributed by atoms with Crippen molar-refractivity contribution in [2.75, 3.05) is 19.8 Å². The Bertz CT molecular complexity index is 2350. The Morgan fingerprint density at radius 2 is 1.19 bits per heavy atom. The Morgan fingerprint density at radius 1 is 0.646 bits per heavy atom. The van der Waals surface area contributed by atoms with Gasteiger partial charge in [0.15, 0.2) is 31.1 Å². The molecule has 4 saturated carbocycles. The number of hydrogen-bond acceptors (Lipinski definition) is 22. The Labute approximate surface area is 461 Å². The lowest BCUT2D eigenvalue weighted by molar-refractivity contribution is -0.372. The fourth-order valence-electron chi connectivity index (χ4n) is 16.1. The van der Waals surface area contributed by atoms with Gasteiger partial charge in [-0.15, -0.1) is 0 Å². The van der Waals surface area contributed by atoms with E-state index in [9.17, 15) is 70.6 Å². The lowest BCUT2D eigenvalue weighted by Gasteiger charge is -2.72. The van der Waals surface area contributed by atoms with Gasteiger partial charge in [0, 0.05) is 22.0 Å². The van der Waals surface area contributed by atoms with Gasteiger partial charge in [-0.25, -0.2) is 14.4 Å². The van der Waals surface area contributed by atoms with E-state index in [1.165, 1.54) is 0 Å².